The van der Waals surface area contributed by atoms with E-state index in [0.717, 1.165) is 11.1 Å². The molecule has 28 heavy (non-hydrogen) atoms. The molecule has 3 rings (SSSR count). The minimum atomic E-state index is -0.595. The quantitative estimate of drug-likeness (QED) is 0.306. The van der Waals surface area contributed by atoms with E-state index in [4.69, 9.17) is 20.0 Å². The van der Waals surface area contributed by atoms with Crippen molar-refractivity contribution in [1.82, 2.24) is 0 Å². The minimum absolute atomic E-state index is 0.0477. The van der Waals surface area contributed by atoms with Crippen molar-refractivity contribution in [3.63, 3.8) is 0 Å². The van der Waals surface area contributed by atoms with E-state index in [2.05, 4.69) is 5.16 Å². The number of benzene rings is 3. The molecule has 0 spiro atoms. The highest BCUT2D eigenvalue weighted by Crippen LogP contribution is 2.27. The van der Waals surface area contributed by atoms with E-state index in [0.29, 0.717) is 22.6 Å². The van der Waals surface area contributed by atoms with Gasteiger partial charge in [0.05, 0.1) is 19.8 Å². The van der Waals surface area contributed by atoms with Gasteiger partial charge in [-0.2, -0.15) is 0 Å². The van der Waals surface area contributed by atoms with Crippen molar-refractivity contribution in [2.75, 3.05) is 14.2 Å². The Kier molecular flexibility index (Phi) is 5.91. The summed E-state index contributed by atoms with van der Waals surface area (Å²) in [5.74, 6) is 0.515. The number of nitrogens with two attached hydrogens (primary N) is 1. The molecule has 0 aliphatic rings. The molecule has 0 unspecified atom stereocenters. The third kappa shape index (κ3) is 4.12. The van der Waals surface area contributed by atoms with Gasteiger partial charge < -0.3 is 20.0 Å². The summed E-state index contributed by atoms with van der Waals surface area (Å²) in [6.07, 6.45) is 0. The van der Waals surface area contributed by atoms with E-state index in [-0.39, 0.29) is 5.84 Å². The number of hydrogen-bond acceptors (Lipinski definition) is 5. The molecule has 0 aliphatic heterocycles. The number of nitrogens with zero attached hydrogens (tertiary/aromatic N) is 1. The molecule has 2 N–H and O–H groups in total. The Morgan fingerprint density at radius 3 is 2.25 bits per heavy atom. The Balaban J connectivity index is 1.83. The summed E-state index contributed by atoms with van der Waals surface area (Å²) < 4.78 is 10.4. The average Bonchev–Trinajstić information content (AvgIpc) is 2.77. The van der Waals surface area contributed by atoms with Gasteiger partial charge in [-0.25, -0.2) is 4.79 Å². The topological polar surface area (TPSA) is 83.1 Å². The molecule has 0 atom stereocenters. The first kappa shape index (κ1) is 19.0. The van der Waals surface area contributed by atoms with Crippen LogP contribution in [-0.4, -0.2) is 26.0 Å². The Labute approximate surface area is 163 Å². The normalized spacial score (nSPS) is 11.0. The zero-order chi connectivity index (χ0) is 19.9. The molecule has 0 bridgehead atoms. The minimum Gasteiger partial charge on any atom is -0.493 e. The van der Waals surface area contributed by atoms with Crippen LogP contribution < -0.4 is 15.2 Å². The van der Waals surface area contributed by atoms with Crippen molar-refractivity contribution in [1.29, 1.82) is 0 Å². The molecule has 0 saturated carbocycles. The highest BCUT2D eigenvalue weighted by molar-refractivity contribution is 6.00. The summed E-state index contributed by atoms with van der Waals surface area (Å²) >= 11 is 0. The smallest absolute Gasteiger partial charge is 0.366 e. The first-order valence-corrected chi connectivity index (χ1v) is 8.55. The fourth-order valence-corrected chi connectivity index (χ4v) is 2.72. The molecule has 0 fully saturated rings. The molecule has 0 aromatic heterocycles. The predicted molar refractivity (Wildman–Crippen MR) is 108 cm³/mol. The fourth-order valence-electron chi connectivity index (χ4n) is 2.72. The van der Waals surface area contributed by atoms with Gasteiger partial charge in [-0.05, 0) is 35.4 Å². The zero-order valence-corrected chi connectivity index (χ0v) is 15.6. The molecule has 0 heterocycles. The molecular formula is C22H20N2O4. The zero-order valence-electron chi connectivity index (χ0n) is 15.6. The lowest BCUT2D eigenvalue weighted by molar-refractivity contribution is 0.0517. The maximum atomic E-state index is 12.6. The van der Waals surface area contributed by atoms with E-state index in [1.165, 1.54) is 7.11 Å². The SMILES string of the molecule is COc1ccc(C(N)=NOC(=O)c2ccccc2-c2ccccc2)cc1OC. The molecule has 0 radical (unpaired) electrons. The van der Waals surface area contributed by atoms with Crippen LogP contribution in [0.2, 0.25) is 0 Å². The van der Waals surface area contributed by atoms with Gasteiger partial charge in [-0.1, -0.05) is 53.7 Å². The molecule has 0 aliphatic carbocycles. The summed E-state index contributed by atoms with van der Waals surface area (Å²) in [5, 5.41) is 3.78. The van der Waals surface area contributed by atoms with Gasteiger partial charge >= 0.3 is 5.97 Å². The highest BCUT2D eigenvalue weighted by Gasteiger charge is 2.15. The standard InChI is InChI=1S/C22H20N2O4/c1-26-19-13-12-16(14-20(19)27-2)21(23)24-28-22(25)18-11-7-6-10-17(18)15-8-4-3-5-9-15/h3-14H,1-2H3,(H2,23,24). The molecule has 3 aromatic rings. The van der Waals surface area contributed by atoms with Crippen LogP contribution in [0.5, 0.6) is 11.5 Å². The summed E-state index contributed by atoms with van der Waals surface area (Å²) in [5.41, 5.74) is 8.57. The van der Waals surface area contributed by atoms with Gasteiger partial charge in [0.25, 0.3) is 0 Å². The summed E-state index contributed by atoms with van der Waals surface area (Å²) in [4.78, 5) is 17.7. The molecule has 6 nitrogen and oxygen atoms in total. The third-order valence-corrected chi connectivity index (χ3v) is 4.14. The molecule has 0 amide bonds. The van der Waals surface area contributed by atoms with Crippen LogP contribution in [-0.2, 0) is 4.84 Å². The van der Waals surface area contributed by atoms with Crippen molar-refractivity contribution in [2.24, 2.45) is 10.9 Å². The van der Waals surface area contributed by atoms with Crippen LogP contribution in [0.1, 0.15) is 15.9 Å². The first-order chi connectivity index (χ1) is 13.6. The van der Waals surface area contributed by atoms with Crippen molar-refractivity contribution in [3.05, 3.63) is 83.9 Å². The number of rotatable bonds is 6. The van der Waals surface area contributed by atoms with Crippen LogP contribution in [0.25, 0.3) is 11.1 Å². The second-order valence-electron chi connectivity index (χ2n) is 5.84. The summed E-state index contributed by atoms with van der Waals surface area (Å²) in [6.45, 7) is 0. The van der Waals surface area contributed by atoms with Crippen LogP contribution in [0, 0.1) is 0 Å². The van der Waals surface area contributed by atoms with Crippen LogP contribution in [0.15, 0.2) is 78.0 Å². The lowest BCUT2D eigenvalue weighted by Crippen LogP contribution is -2.15. The number of hydrogen-bond donors (Lipinski definition) is 1. The monoisotopic (exact) mass is 376 g/mol. The molecular weight excluding hydrogens is 356 g/mol. The van der Waals surface area contributed by atoms with Crippen LogP contribution in [0.4, 0.5) is 0 Å². The highest BCUT2D eigenvalue weighted by atomic mass is 16.7. The Morgan fingerprint density at radius 1 is 0.857 bits per heavy atom. The first-order valence-electron chi connectivity index (χ1n) is 8.55. The summed E-state index contributed by atoms with van der Waals surface area (Å²) in [6, 6.07) is 21.8. The predicted octanol–water partition coefficient (Wildman–Crippen LogP) is 3.85. The van der Waals surface area contributed by atoms with Crippen molar-refractivity contribution < 1.29 is 19.1 Å². The number of methoxy groups -OCH3 is 2. The lowest BCUT2D eigenvalue weighted by Gasteiger charge is -2.09. The van der Waals surface area contributed by atoms with Gasteiger partial charge in [0.2, 0.25) is 0 Å². The van der Waals surface area contributed by atoms with E-state index >= 15 is 0 Å². The second kappa shape index (κ2) is 8.73. The second-order valence-corrected chi connectivity index (χ2v) is 5.84. The summed E-state index contributed by atoms with van der Waals surface area (Å²) in [7, 11) is 3.07. The number of carbonyl (C=O) groups excluding carboxylic acids is 1. The van der Waals surface area contributed by atoms with Gasteiger partial charge in [-0.15, -0.1) is 0 Å². The van der Waals surface area contributed by atoms with Gasteiger partial charge in [0, 0.05) is 5.56 Å². The molecule has 3 aromatic carbocycles. The Bertz CT molecular complexity index is 1000. The van der Waals surface area contributed by atoms with Crippen molar-refractivity contribution in [3.8, 4) is 22.6 Å². The van der Waals surface area contributed by atoms with Gasteiger partial charge in [0.1, 0.15) is 0 Å². The largest absolute Gasteiger partial charge is 0.493 e. The van der Waals surface area contributed by atoms with Crippen LogP contribution >= 0.6 is 0 Å². The van der Waals surface area contributed by atoms with E-state index in [1.54, 1.807) is 37.4 Å². The Morgan fingerprint density at radius 2 is 1.54 bits per heavy atom. The Hall–Kier alpha value is -3.80. The molecule has 6 heteroatoms. The van der Waals surface area contributed by atoms with Crippen molar-refractivity contribution >= 4 is 11.8 Å². The van der Waals surface area contributed by atoms with E-state index in [9.17, 15) is 4.79 Å². The van der Waals surface area contributed by atoms with E-state index < -0.39 is 5.97 Å². The van der Waals surface area contributed by atoms with Crippen molar-refractivity contribution in [2.45, 2.75) is 0 Å². The molecule has 0 saturated heterocycles. The lowest BCUT2D eigenvalue weighted by atomic mass is 10.00. The average molecular weight is 376 g/mol. The van der Waals surface area contributed by atoms with Gasteiger partial charge in [-0.3, -0.25) is 0 Å². The number of carbonyl (C=O) groups is 1. The number of oxime groups is 1. The maximum absolute atomic E-state index is 12.6. The number of ether oxygens (including phenoxy) is 2. The fraction of sp³-hybridized carbons (Fsp3) is 0.0909. The van der Waals surface area contributed by atoms with E-state index in [1.807, 2.05) is 42.5 Å². The number of amidine groups is 1. The molecule has 142 valence electrons. The third-order valence-electron chi connectivity index (χ3n) is 4.14. The maximum Gasteiger partial charge on any atom is 0.366 e. The van der Waals surface area contributed by atoms with Gasteiger partial charge in [0.15, 0.2) is 17.3 Å². The van der Waals surface area contributed by atoms with Crippen LogP contribution in [0.3, 0.4) is 0 Å².